The van der Waals surface area contributed by atoms with E-state index in [9.17, 15) is 9.59 Å². The highest BCUT2D eigenvalue weighted by Gasteiger charge is 2.21. The SMILES string of the molecule is COc1ccc(C(=O)Nc2ccc3c(c2C=O)CC[C@H](N)C3)cn1. The van der Waals surface area contributed by atoms with Gasteiger partial charge in [-0.15, -0.1) is 0 Å². The molecule has 2 aromatic rings. The third-order valence-corrected chi connectivity index (χ3v) is 4.28. The second kappa shape index (κ2) is 6.80. The molecule has 0 fully saturated rings. The number of nitrogens with zero attached hydrogens (tertiary/aromatic N) is 1. The lowest BCUT2D eigenvalue weighted by atomic mass is 9.85. The Kier molecular flexibility index (Phi) is 4.57. The molecule has 0 radical (unpaired) electrons. The molecule has 0 spiro atoms. The summed E-state index contributed by atoms with van der Waals surface area (Å²) in [5.41, 5.74) is 9.50. The highest BCUT2D eigenvalue weighted by Crippen LogP contribution is 2.28. The van der Waals surface area contributed by atoms with Crippen molar-refractivity contribution in [3.8, 4) is 5.88 Å². The van der Waals surface area contributed by atoms with Gasteiger partial charge in [0.05, 0.1) is 18.4 Å². The molecule has 3 rings (SSSR count). The van der Waals surface area contributed by atoms with Crippen LogP contribution in [0.3, 0.4) is 0 Å². The van der Waals surface area contributed by atoms with E-state index < -0.39 is 0 Å². The first-order chi connectivity index (χ1) is 11.6. The van der Waals surface area contributed by atoms with E-state index in [0.29, 0.717) is 22.7 Å². The normalized spacial score (nSPS) is 16.2. The van der Waals surface area contributed by atoms with Crippen LogP contribution in [0.1, 0.15) is 38.3 Å². The summed E-state index contributed by atoms with van der Waals surface area (Å²) in [6, 6.07) is 7.06. The topological polar surface area (TPSA) is 94.3 Å². The summed E-state index contributed by atoms with van der Waals surface area (Å²) in [5, 5.41) is 2.79. The number of carbonyl (C=O) groups is 2. The molecule has 0 unspecified atom stereocenters. The minimum Gasteiger partial charge on any atom is -0.481 e. The molecule has 6 heteroatoms. The zero-order valence-electron chi connectivity index (χ0n) is 13.4. The monoisotopic (exact) mass is 325 g/mol. The molecule has 1 aliphatic carbocycles. The van der Waals surface area contributed by atoms with Gasteiger partial charge in [0.25, 0.3) is 5.91 Å². The van der Waals surface area contributed by atoms with Crippen molar-refractivity contribution in [3.63, 3.8) is 0 Å². The van der Waals surface area contributed by atoms with Gasteiger partial charge in [0.2, 0.25) is 5.88 Å². The number of amides is 1. The lowest BCUT2D eigenvalue weighted by Gasteiger charge is -2.24. The van der Waals surface area contributed by atoms with Gasteiger partial charge in [-0.3, -0.25) is 9.59 Å². The van der Waals surface area contributed by atoms with Crippen LogP contribution in [0.2, 0.25) is 0 Å². The second-order valence-electron chi connectivity index (χ2n) is 5.83. The van der Waals surface area contributed by atoms with Crippen LogP contribution in [0.15, 0.2) is 30.5 Å². The molecule has 24 heavy (non-hydrogen) atoms. The Morgan fingerprint density at radius 1 is 1.38 bits per heavy atom. The van der Waals surface area contributed by atoms with E-state index in [4.69, 9.17) is 10.5 Å². The number of ether oxygens (including phenoxy) is 1. The lowest BCUT2D eigenvalue weighted by Crippen LogP contribution is -2.28. The minimum absolute atomic E-state index is 0.128. The van der Waals surface area contributed by atoms with Crippen LogP contribution in [-0.2, 0) is 12.8 Å². The number of fused-ring (bicyclic) bond motifs is 1. The number of benzene rings is 1. The molecular formula is C18H19N3O3. The van der Waals surface area contributed by atoms with Crippen molar-refractivity contribution in [1.29, 1.82) is 0 Å². The first kappa shape index (κ1) is 16.1. The average Bonchev–Trinajstić information content (AvgIpc) is 2.61. The molecule has 124 valence electrons. The maximum Gasteiger partial charge on any atom is 0.257 e. The van der Waals surface area contributed by atoms with Gasteiger partial charge in [0.1, 0.15) is 0 Å². The zero-order chi connectivity index (χ0) is 17.1. The highest BCUT2D eigenvalue weighted by atomic mass is 16.5. The number of aromatic nitrogens is 1. The van der Waals surface area contributed by atoms with Crippen molar-refractivity contribution >= 4 is 17.9 Å². The predicted octanol–water partition coefficient (Wildman–Crippen LogP) is 1.97. The van der Waals surface area contributed by atoms with Crippen LogP contribution in [0.4, 0.5) is 5.69 Å². The van der Waals surface area contributed by atoms with Gasteiger partial charge in [-0.1, -0.05) is 6.07 Å². The average molecular weight is 325 g/mol. The summed E-state index contributed by atoms with van der Waals surface area (Å²) in [6.07, 6.45) is 4.59. The fourth-order valence-corrected chi connectivity index (χ4v) is 2.98. The van der Waals surface area contributed by atoms with Crippen LogP contribution in [-0.4, -0.2) is 30.3 Å². The van der Waals surface area contributed by atoms with Gasteiger partial charge >= 0.3 is 0 Å². The molecule has 1 atom stereocenters. The van der Waals surface area contributed by atoms with Crippen molar-refractivity contribution in [2.75, 3.05) is 12.4 Å². The number of hydrogen-bond donors (Lipinski definition) is 2. The number of hydrogen-bond acceptors (Lipinski definition) is 5. The molecule has 1 amide bonds. The van der Waals surface area contributed by atoms with Crippen LogP contribution >= 0.6 is 0 Å². The number of nitrogens with two attached hydrogens (primary N) is 1. The van der Waals surface area contributed by atoms with Gasteiger partial charge in [0, 0.05) is 23.9 Å². The molecule has 6 nitrogen and oxygen atoms in total. The number of pyridine rings is 1. The molecule has 1 aromatic carbocycles. The Labute approximate surface area is 140 Å². The summed E-state index contributed by atoms with van der Waals surface area (Å²) in [5.74, 6) is 0.117. The van der Waals surface area contributed by atoms with Crippen molar-refractivity contribution in [2.24, 2.45) is 5.73 Å². The first-order valence-corrected chi connectivity index (χ1v) is 7.79. The van der Waals surface area contributed by atoms with Crippen LogP contribution in [0.25, 0.3) is 0 Å². The number of carbonyl (C=O) groups excluding carboxylic acids is 2. The summed E-state index contributed by atoms with van der Waals surface area (Å²) < 4.78 is 4.98. The van der Waals surface area contributed by atoms with E-state index in [1.807, 2.05) is 6.07 Å². The molecule has 0 bridgehead atoms. The summed E-state index contributed by atoms with van der Waals surface area (Å²) in [6.45, 7) is 0. The maximum atomic E-state index is 12.4. The lowest BCUT2D eigenvalue weighted by molar-refractivity contribution is 0.102. The summed E-state index contributed by atoms with van der Waals surface area (Å²) in [7, 11) is 1.51. The highest BCUT2D eigenvalue weighted by molar-refractivity contribution is 6.06. The van der Waals surface area contributed by atoms with E-state index in [1.54, 1.807) is 18.2 Å². The predicted molar refractivity (Wildman–Crippen MR) is 90.6 cm³/mol. The van der Waals surface area contributed by atoms with E-state index in [0.717, 1.165) is 36.7 Å². The van der Waals surface area contributed by atoms with Crippen LogP contribution in [0, 0.1) is 0 Å². The molecule has 0 saturated carbocycles. The largest absolute Gasteiger partial charge is 0.481 e. The summed E-state index contributed by atoms with van der Waals surface area (Å²) in [4.78, 5) is 28.0. The Bertz CT molecular complexity index is 772. The van der Waals surface area contributed by atoms with Crippen molar-refractivity contribution in [3.05, 3.63) is 52.7 Å². The first-order valence-electron chi connectivity index (χ1n) is 7.79. The Balaban J connectivity index is 1.86. The molecule has 3 N–H and O–H groups in total. The molecule has 0 saturated heterocycles. The quantitative estimate of drug-likeness (QED) is 0.838. The Hall–Kier alpha value is -2.73. The van der Waals surface area contributed by atoms with Gasteiger partial charge in [-0.25, -0.2) is 4.98 Å². The van der Waals surface area contributed by atoms with E-state index in [2.05, 4.69) is 10.3 Å². The van der Waals surface area contributed by atoms with Gasteiger partial charge in [0.15, 0.2) is 6.29 Å². The third kappa shape index (κ3) is 3.14. The van der Waals surface area contributed by atoms with Crippen molar-refractivity contribution in [2.45, 2.75) is 25.3 Å². The van der Waals surface area contributed by atoms with Gasteiger partial charge in [-0.2, -0.15) is 0 Å². The van der Waals surface area contributed by atoms with Crippen molar-refractivity contribution < 1.29 is 14.3 Å². The molecule has 1 aliphatic rings. The number of nitrogens with one attached hydrogen (secondary N) is 1. The molecule has 1 heterocycles. The Morgan fingerprint density at radius 2 is 2.21 bits per heavy atom. The molecular weight excluding hydrogens is 306 g/mol. The number of rotatable bonds is 4. The van der Waals surface area contributed by atoms with E-state index >= 15 is 0 Å². The second-order valence-corrected chi connectivity index (χ2v) is 5.83. The fraction of sp³-hybridized carbons (Fsp3) is 0.278. The van der Waals surface area contributed by atoms with Crippen LogP contribution in [0.5, 0.6) is 5.88 Å². The number of methoxy groups -OCH3 is 1. The molecule has 0 aliphatic heterocycles. The zero-order valence-corrected chi connectivity index (χ0v) is 13.4. The fourth-order valence-electron chi connectivity index (χ4n) is 2.98. The maximum absolute atomic E-state index is 12.4. The standard InChI is InChI=1S/C18H19N3O3/c1-24-17-7-3-12(9-20-17)18(23)21-16-6-2-11-8-13(19)4-5-14(11)15(16)10-22/h2-3,6-7,9-10,13H,4-5,8,19H2,1H3,(H,21,23)/t13-/m0/s1. The van der Waals surface area contributed by atoms with Crippen LogP contribution < -0.4 is 15.8 Å². The summed E-state index contributed by atoms with van der Waals surface area (Å²) >= 11 is 0. The minimum atomic E-state index is -0.319. The molecule has 1 aromatic heterocycles. The van der Waals surface area contributed by atoms with Crippen molar-refractivity contribution in [1.82, 2.24) is 4.98 Å². The third-order valence-electron chi connectivity index (χ3n) is 4.28. The van der Waals surface area contributed by atoms with Gasteiger partial charge < -0.3 is 15.8 Å². The van der Waals surface area contributed by atoms with E-state index in [1.165, 1.54) is 13.3 Å². The number of anilines is 1. The van der Waals surface area contributed by atoms with E-state index in [-0.39, 0.29) is 11.9 Å². The smallest absolute Gasteiger partial charge is 0.257 e. The number of aldehydes is 1. The Morgan fingerprint density at radius 3 is 2.88 bits per heavy atom. The van der Waals surface area contributed by atoms with Gasteiger partial charge in [-0.05, 0) is 42.5 Å².